The second-order valence-electron chi connectivity index (χ2n) is 6.23. The average molecular weight is 378 g/mol. The van der Waals surface area contributed by atoms with E-state index in [9.17, 15) is 0 Å². The minimum atomic E-state index is 0.285. The maximum atomic E-state index is 5.81. The van der Waals surface area contributed by atoms with Crippen LogP contribution in [0.1, 0.15) is 29.0 Å². The average Bonchev–Trinajstić information content (AvgIpc) is 2.67. The third-order valence-corrected chi connectivity index (χ3v) is 5.13. The number of aryl methyl sites for hydroxylation is 1. The summed E-state index contributed by atoms with van der Waals surface area (Å²) in [7, 11) is 1.85. The topological polar surface area (TPSA) is 54.9 Å². The molecule has 2 rings (SSSR count). The molecule has 1 aliphatic heterocycles. The minimum Gasteiger partial charge on any atom is -0.379 e. The summed E-state index contributed by atoms with van der Waals surface area (Å²) in [6, 6.07) is 6.53. The van der Waals surface area contributed by atoms with Crippen LogP contribution in [0.3, 0.4) is 0 Å². The lowest BCUT2D eigenvalue weighted by Crippen LogP contribution is -2.31. The molecule has 0 radical (unpaired) electrons. The van der Waals surface area contributed by atoms with Crippen molar-refractivity contribution in [3.63, 3.8) is 0 Å². The second-order valence-corrected chi connectivity index (χ2v) is 7.11. The van der Waals surface area contributed by atoms with Crippen molar-refractivity contribution in [3.8, 4) is 0 Å². The minimum absolute atomic E-state index is 0.285. The van der Waals surface area contributed by atoms with Crippen molar-refractivity contribution in [3.05, 3.63) is 46.7 Å². The van der Waals surface area contributed by atoms with E-state index in [1.807, 2.05) is 12.6 Å². The van der Waals surface area contributed by atoms with Crippen molar-refractivity contribution in [1.29, 1.82) is 0 Å². The summed E-state index contributed by atoms with van der Waals surface area (Å²) in [5.41, 5.74) is 13.0. The Hall–Kier alpha value is -1.18. The van der Waals surface area contributed by atoms with Crippen molar-refractivity contribution in [2.45, 2.75) is 26.2 Å². The molecule has 1 aromatic rings. The Morgan fingerprint density at radius 2 is 1.96 bits per heavy atom. The first kappa shape index (κ1) is 21.1. The van der Waals surface area contributed by atoms with Gasteiger partial charge in [-0.05, 0) is 44.0 Å². The number of ether oxygens (including phenoxy) is 2. The van der Waals surface area contributed by atoms with Gasteiger partial charge in [0, 0.05) is 30.5 Å². The molecule has 5 nitrogen and oxygen atoms in total. The van der Waals surface area contributed by atoms with Gasteiger partial charge in [-0.3, -0.25) is 15.8 Å². The lowest BCUT2D eigenvalue weighted by molar-refractivity contribution is 0.0463. The van der Waals surface area contributed by atoms with E-state index in [0.717, 1.165) is 24.4 Å². The highest BCUT2D eigenvalue weighted by Crippen LogP contribution is 2.33. The standard InChI is InChI=1S/C20H31N3O2S/c1-16-5-4-6-18(17(16)2)19(20-8-14-26-15-22-20)7-10-24-12-13-25-11-9-23-21-3/h4-6,8,15,19,21,23H,7,9-14H2,1-3H3. The zero-order chi connectivity index (χ0) is 18.6. The number of allylic oxidation sites excluding steroid dienone is 1. The SMILES string of the molecule is CNNCCOCCOCCC(C1=CCSC=N1)c1cccc(C)c1C. The quantitative estimate of drug-likeness (QED) is 0.433. The van der Waals surface area contributed by atoms with Crippen LogP contribution in [0.25, 0.3) is 0 Å². The molecule has 1 aliphatic rings. The molecule has 0 aromatic heterocycles. The molecule has 1 aromatic carbocycles. The first-order valence-corrected chi connectivity index (χ1v) is 10.2. The number of nitrogens with one attached hydrogen (secondary N) is 2. The monoisotopic (exact) mass is 377 g/mol. The lowest BCUT2D eigenvalue weighted by atomic mass is 9.87. The molecule has 144 valence electrons. The maximum absolute atomic E-state index is 5.81. The van der Waals surface area contributed by atoms with Crippen LogP contribution in [0.2, 0.25) is 0 Å². The molecule has 0 amide bonds. The van der Waals surface area contributed by atoms with Crippen LogP contribution < -0.4 is 10.9 Å². The number of benzene rings is 1. The Morgan fingerprint density at radius 3 is 2.69 bits per heavy atom. The van der Waals surface area contributed by atoms with E-state index in [4.69, 9.17) is 9.47 Å². The second kappa shape index (κ2) is 12.3. The summed E-state index contributed by atoms with van der Waals surface area (Å²) in [5, 5.41) is 0. The molecule has 6 heteroatoms. The molecule has 1 heterocycles. The van der Waals surface area contributed by atoms with E-state index >= 15 is 0 Å². The van der Waals surface area contributed by atoms with Gasteiger partial charge in [-0.15, -0.1) is 11.8 Å². The highest BCUT2D eigenvalue weighted by Gasteiger charge is 2.20. The third-order valence-electron chi connectivity index (χ3n) is 4.52. The van der Waals surface area contributed by atoms with Crippen LogP contribution in [0, 0.1) is 13.8 Å². The number of thioether (sulfide) groups is 1. The van der Waals surface area contributed by atoms with Gasteiger partial charge in [0.05, 0.1) is 25.4 Å². The molecule has 0 bridgehead atoms. The van der Waals surface area contributed by atoms with Crippen molar-refractivity contribution in [2.75, 3.05) is 45.8 Å². The Labute approximate surface area is 161 Å². The summed E-state index contributed by atoms with van der Waals surface area (Å²) in [6.45, 7) is 7.78. The van der Waals surface area contributed by atoms with Crippen molar-refractivity contribution < 1.29 is 9.47 Å². The third kappa shape index (κ3) is 6.85. The zero-order valence-electron chi connectivity index (χ0n) is 16.1. The van der Waals surface area contributed by atoms with Gasteiger partial charge in [0.25, 0.3) is 0 Å². The fraction of sp³-hybridized carbons (Fsp3) is 0.550. The van der Waals surface area contributed by atoms with E-state index in [-0.39, 0.29) is 5.92 Å². The molecule has 0 fully saturated rings. The van der Waals surface area contributed by atoms with Gasteiger partial charge in [0.1, 0.15) is 0 Å². The molecule has 0 aliphatic carbocycles. The molecule has 26 heavy (non-hydrogen) atoms. The smallest absolute Gasteiger partial charge is 0.0701 e. The van der Waals surface area contributed by atoms with Gasteiger partial charge < -0.3 is 9.47 Å². The largest absolute Gasteiger partial charge is 0.379 e. The van der Waals surface area contributed by atoms with Gasteiger partial charge in [-0.1, -0.05) is 24.3 Å². The predicted molar refractivity (Wildman–Crippen MR) is 111 cm³/mol. The molecule has 0 saturated carbocycles. The highest BCUT2D eigenvalue weighted by molar-refractivity contribution is 8.12. The van der Waals surface area contributed by atoms with E-state index in [1.165, 1.54) is 16.7 Å². The van der Waals surface area contributed by atoms with Gasteiger partial charge >= 0.3 is 0 Å². The van der Waals surface area contributed by atoms with Crippen LogP contribution in [0.5, 0.6) is 0 Å². The van der Waals surface area contributed by atoms with Crippen molar-refractivity contribution >= 4 is 17.3 Å². The number of nitrogens with zero attached hydrogens (tertiary/aromatic N) is 1. The number of rotatable bonds is 12. The van der Waals surface area contributed by atoms with Crippen molar-refractivity contribution in [2.24, 2.45) is 4.99 Å². The van der Waals surface area contributed by atoms with E-state index in [2.05, 4.69) is 54.0 Å². The fourth-order valence-electron chi connectivity index (χ4n) is 2.94. The summed E-state index contributed by atoms with van der Waals surface area (Å²) >= 11 is 1.74. The normalized spacial score (nSPS) is 15.1. The van der Waals surface area contributed by atoms with E-state index in [0.29, 0.717) is 26.4 Å². The highest BCUT2D eigenvalue weighted by atomic mass is 32.2. The predicted octanol–water partition coefficient (Wildman–Crippen LogP) is 3.19. The number of hydrogen-bond acceptors (Lipinski definition) is 6. The van der Waals surface area contributed by atoms with E-state index < -0.39 is 0 Å². The number of hydrazine groups is 1. The summed E-state index contributed by atoms with van der Waals surface area (Å²) in [6.07, 6.45) is 3.18. The summed E-state index contributed by atoms with van der Waals surface area (Å²) < 4.78 is 11.3. The van der Waals surface area contributed by atoms with Crippen LogP contribution >= 0.6 is 11.8 Å². The maximum Gasteiger partial charge on any atom is 0.0701 e. The summed E-state index contributed by atoms with van der Waals surface area (Å²) in [5.74, 6) is 1.28. The Balaban J connectivity index is 1.85. The Morgan fingerprint density at radius 1 is 1.15 bits per heavy atom. The number of aliphatic imine (C=N–C) groups is 1. The fourth-order valence-corrected chi connectivity index (χ4v) is 3.49. The molecule has 2 N–H and O–H groups in total. The van der Waals surface area contributed by atoms with Crippen LogP contribution in [-0.2, 0) is 9.47 Å². The van der Waals surface area contributed by atoms with Crippen LogP contribution in [0.4, 0.5) is 0 Å². The molecule has 0 spiro atoms. The molecule has 1 atom stereocenters. The first-order chi connectivity index (χ1) is 12.7. The van der Waals surface area contributed by atoms with Gasteiger partial charge in [0.2, 0.25) is 0 Å². The van der Waals surface area contributed by atoms with E-state index in [1.54, 1.807) is 11.8 Å². The molecule has 0 saturated heterocycles. The van der Waals surface area contributed by atoms with Crippen LogP contribution in [0.15, 0.2) is 35.0 Å². The Bertz CT molecular complexity index is 605. The Kier molecular flexibility index (Phi) is 9.95. The van der Waals surface area contributed by atoms with Gasteiger partial charge in [-0.25, -0.2) is 0 Å². The zero-order valence-corrected chi connectivity index (χ0v) is 16.9. The van der Waals surface area contributed by atoms with Crippen molar-refractivity contribution in [1.82, 2.24) is 10.9 Å². The molecular formula is C20H31N3O2S. The molecule has 1 unspecified atom stereocenters. The molecular weight excluding hydrogens is 346 g/mol. The van der Waals surface area contributed by atoms with Gasteiger partial charge in [0.15, 0.2) is 0 Å². The van der Waals surface area contributed by atoms with Crippen LogP contribution in [-0.4, -0.2) is 51.3 Å². The first-order valence-electron chi connectivity index (χ1n) is 9.19. The lowest BCUT2D eigenvalue weighted by Gasteiger charge is -2.22. The summed E-state index contributed by atoms with van der Waals surface area (Å²) in [4.78, 5) is 4.64. The number of hydrogen-bond donors (Lipinski definition) is 2. The van der Waals surface area contributed by atoms with Gasteiger partial charge in [-0.2, -0.15) is 0 Å².